The second-order valence-electron chi connectivity index (χ2n) is 4.05. The number of likely N-dealkylation sites (tertiary alicyclic amines) is 1. The number of hydrogen-bond donors (Lipinski definition) is 0. The molecule has 1 atom stereocenters. The smallest absolute Gasteiger partial charge is 0.231 e. The maximum atomic E-state index is 12.0. The summed E-state index contributed by atoms with van der Waals surface area (Å²) < 4.78 is 5.25. The van der Waals surface area contributed by atoms with Crippen molar-refractivity contribution in [2.45, 2.75) is 18.8 Å². The summed E-state index contributed by atoms with van der Waals surface area (Å²) in [5.41, 5.74) is 0.765. The van der Waals surface area contributed by atoms with Gasteiger partial charge in [0.1, 0.15) is 5.75 Å². The molecule has 1 aromatic heterocycles. The third kappa shape index (κ3) is 1.87. The molecule has 0 saturated carbocycles. The molecular weight excluding hydrogens is 204 g/mol. The fourth-order valence-corrected chi connectivity index (χ4v) is 2.12. The number of methoxy groups -OCH3 is 1. The fourth-order valence-electron chi connectivity index (χ4n) is 2.12. The van der Waals surface area contributed by atoms with Crippen LogP contribution in [0.3, 0.4) is 0 Å². The second kappa shape index (κ2) is 4.51. The van der Waals surface area contributed by atoms with E-state index in [1.165, 1.54) is 0 Å². The minimum Gasteiger partial charge on any atom is -0.495 e. The molecule has 1 unspecified atom stereocenters. The molecule has 16 heavy (non-hydrogen) atoms. The summed E-state index contributed by atoms with van der Waals surface area (Å²) in [6.45, 7) is 0.838. The van der Waals surface area contributed by atoms with E-state index in [1.807, 2.05) is 19.2 Å². The summed E-state index contributed by atoms with van der Waals surface area (Å²) >= 11 is 0. The van der Waals surface area contributed by atoms with Gasteiger partial charge >= 0.3 is 0 Å². The molecule has 0 N–H and O–H groups in total. The van der Waals surface area contributed by atoms with Crippen molar-refractivity contribution in [2.24, 2.45) is 0 Å². The minimum atomic E-state index is -0.144. The van der Waals surface area contributed by atoms with Gasteiger partial charge in [0.15, 0.2) is 0 Å². The number of ether oxygens (including phenoxy) is 1. The van der Waals surface area contributed by atoms with Gasteiger partial charge in [0.05, 0.1) is 18.7 Å². The van der Waals surface area contributed by atoms with Gasteiger partial charge in [0.2, 0.25) is 5.91 Å². The van der Waals surface area contributed by atoms with Crippen LogP contribution in [0.2, 0.25) is 0 Å². The molecule has 1 saturated heterocycles. The number of amides is 1. The number of nitrogens with zero attached hydrogens (tertiary/aromatic N) is 2. The van der Waals surface area contributed by atoms with E-state index < -0.39 is 0 Å². The minimum absolute atomic E-state index is 0.142. The normalized spacial score (nSPS) is 21.0. The molecule has 1 aliphatic heterocycles. The third-order valence-corrected chi connectivity index (χ3v) is 3.01. The average Bonchev–Trinajstić information content (AvgIpc) is 2.33. The molecule has 1 amide bonds. The zero-order chi connectivity index (χ0) is 11.5. The largest absolute Gasteiger partial charge is 0.495 e. The topological polar surface area (TPSA) is 42.4 Å². The molecular formula is C12H16N2O2. The van der Waals surface area contributed by atoms with E-state index >= 15 is 0 Å². The summed E-state index contributed by atoms with van der Waals surface area (Å²) in [5, 5.41) is 0. The average molecular weight is 220 g/mol. The predicted molar refractivity (Wildman–Crippen MR) is 60.4 cm³/mol. The van der Waals surface area contributed by atoms with Crippen molar-refractivity contribution in [2.75, 3.05) is 20.7 Å². The van der Waals surface area contributed by atoms with Gasteiger partial charge in [-0.25, -0.2) is 0 Å². The van der Waals surface area contributed by atoms with Gasteiger partial charge < -0.3 is 9.64 Å². The van der Waals surface area contributed by atoms with Crippen LogP contribution in [0.4, 0.5) is 0 Å². The number of hydrogen-bond acceptors (Lipinski definition) is 3. The monoisotopic (exact) mass is 220 g/mol. The van der Waals surface area contributed by atoms with Gasteiger partial charge in [-0.3, -0.25) is 9.78 Å². The first-order chi connectivity index (χ1) is 7.74. The van der Waals surface area contributed by atoms with Crippen molar-refractivity contribution in [1.29, 1.82) is 0 Å². The van der Waals surface area contributed by atoms with E-state index in [2.05, 4.69) is 4.98 Å². The number of piperidine rings is 1. The van der Waals surface area contributed by atoms with Crippen LogP contribution in [-0.4, -0.2) is 36.5 Å². The Morgan fingerprint density at radius 2 is 2.38 bits per heavy atom. The van der Waals surface area contributed by atoms with Crippen molar-refractivity contribution >= 4 is 5.91 Å². The number of carbonyl (C=O) groups excluding carboxylic acids is 1. The van der Waals surface area contributed by atoms with E-state index in [1.54, 1.807) is 18.2 Å². The van der Waals surface area contributed by atoms with Crippen molar-refractivity contribution < 1.29 is 9.53 Å². The number of likely N-dealkylation sites (N-methyl/N-ethyl adjacent to an activating group) is 1. The van der Waals surface area contributed by atoms with Crippen LogP contribution < -0.4 is 4.74 Å². The lowest BCUT2D eigenvalue weighted by molar-refractivity contribution is -0.133. The van der Waals surface area contributed by atoms with Crippen molar-refractivity contribution in [3.8, 4) is 5.75 Å². The molecule has 1 aromatic rings. The lowest BCUT2D eigenvalue weighted by atomic mass is 9.93. The number of aromatic nitrogens is 1. The molecule has 2 heterocycles. The standard InChI is InChI=1S/C12H16N2O2/c1-14-8-4-5-9(12(14)15)11-10(16-2)6-3-7-13-11/h3,6-7,9H,4-5,8H2,1-2H3. The van der Waals surface area contributed by atoms with Crippen molar-refractivity contribution in [1.82, 2.24) is 9.88 Å². The lowest BCUT2D eigenvalue weighted by Gasteiger charge is -2.29. The third-order valence-electron chi connectivity index (χ3n) is 3.01. The molecule has 2 rings (SSSR count). The molecule has 0 aliphatic carbocycles. The van der Waals surface area contributed by atoms with Gasteiger partial charge in [0.25, 0.3) is 0 Å². The van der Waals surface area contributed by atoms with Crippen LogP contribution in [-0.2, 0) is 4.79 Å². The SMILES string of the molecule is COc1cccnc1C1CCCN(C)C1=O. The Bertz CT molecular complexity index is 392. The first-order valence-electron chi connectivity index (χ1n) is 5.48. The van der Waals surface area contributed by atoms with Crippen LogP contribution in [0.25, 0.3) is 0 Å². The van der Waals surface area contributed by atoms with Gasteiger partial charge in [-0.2, -0.15) is 0 Å². The zero-order valence-electron chi connectivity index (χ0n) is 9.64. The highest BCUT2D eigenvalue weighted by molar-refractivity contribution is 5.84. The van der Waals surface area contributed by atoms with Crippen LogP contribution in [0.5, 0.6) is 5.75 Å². The molecule has 0 spiro atoms. The first kappa shape index (κ1) is 10.9. The fraction of sp³-hybridized carbons (Fsp3) is 0.500. The van der Waals surface area contributed by atoms with Crippen LogP contribution in [0.1, 0.15) is 24.5 Å². The number of carbonyl (C=O) groups is 1. The highest BCUT2D eigenvalue weighted by Gasteiger charge is 2.30. The van der Waals surface area contributed by atoms with Crippen molar-refractivity contribution in [3.63, 3.8) is 0 Å². The highest BCUT2D eigenvalue weighted by Crippen LogP contribution is 2.31. The molecule has 0 aromatic carbocycles. The number of rotatable bonds is 2. The van der Waals surface area contributed by atoms with Gasteiger partial charge in [-0.1, -0.05) is 0 Å². The van der Waals surface area contributed by atoms with Crippen LogP contribution >= 0.6 is 0 Å². The van der Waals surface area contributed by atoms with Crippen LogP contribution in [0, 0.1) is 0 Å². The van der Waals surface area contributed by atoms with E-state index in [-0.39, 0.29) is 11.8 Å². The Hall–Kier alpha value is -1.58. The second-order valence-corrected chi connectivity index (χ2v) is 4.05. The summed E-state index contributed by atoms with van der Waals surface area (Å²) in [5.74, 6) is 0.703. The van der Waals surface area contributed by atoms with Crippen LogP contribution in [0.15, 0.2) is 18.3 Å². The molecule has 0 radical (unpaired) electrons. The van der Waals surface area contributed by atoms with E-state index in [0.29, 0.717) is 5.75 Å². The molecule has 4 nitrogen and oxygen atoms in total. The Balaban J connectivity index is 2.32. The molecule has 86 valence electrons. The van der Waals surface area contributed by atoms with Gasteiger partial charge in [-0.15, -0.1) is 0 Å². The Morgan fingerprint density at radius 3 is 3.12 bits per heavy atom. The Labute approximate surface area is 95.2 Å². The van der Waals surface area contributed by atoms with Gasteiger partial charge in [0, 0.05) is 19.8 Å². The highest BCUT2D eigenvalue weighted by atomic mass is 16.5. The van der Waals surface area contributed by atoms with E-state index in [0.717, 1.165) is 25.1 Å². The number of pyridine rings is 1. The first-order valence-corrected chi connectivity index (χ1v) is 5.48. The van der Waals surface area contributed by atoms with Crippen molar-refractivity contribution in [3.05, 3.63) is 24.0 Å². The summed E-state index contributed by atoms with van der Waals surface area (Å²) in [7, 11) is 3.45. The molecule has 0 bridgehead atoms. The predicted octanol–water partition coefficient (Wildman–Crippen LogP) is 1.43. The maximum absolute atomic E-state index is 12.0. The maximum Gasteiger partial charge on any atom is 0.231 e. The Morgan fingerprint density at radius 1 is 1.56 bits per heavy atom. The lowest BCUT2D eigenvalue weighted by Crippen LogP contribution is -2.37. The Kier molecular flexibility index (Phi) is 3.08. The summed E-state index contributed by atoms with van der Waals surface area (Å²) in [6, 6.07) is 3.67. The molecule has 1 fully saturated rings. The summed E-state index contributed by atoms with van der Waals surface area (Å²) in [6.07, 6.45) is 3.59. The zero-order valence-corrected chi connectivity index (χ0v) is 9.64. The van der Waals surface area contributed by atoms with Gasteiger partial charge in [-0.05, 0) is 25.0 Å². The molecule has 4 heteroatoms. The molecule has 1 aliphatic rings. The van der Waals surface area contributed by atoms with E-state index in [4.69, 9.17) is 4.74 Å². The quantitative estimate of drug-likeness (QED) is 0.757. The summed E-state index contributed by atoms with van der Waals surface area (Å²) in [4.78, 5) is 18.1. The van der Waals surface area contributed by atoms with E-state index in [9.17, 15) is 4.79 Å².